The first-order valence-electron chi connectivity index (χ1n) is 10.8. The van der Waals surface area contributed by atoms with Gasteiger partial charge in [0.1, 0.15) is 23.5 Å². The van der Waals surface area contributed by atoms with E-state index in [2.05, 4.69) is 21.3 Å². The molecule has 13 heteroatoms. The van der Waals surface area contributed by atoms with Crippen molar-refractivity contribution in [3.8, 4) is 11.6 Å². The lowest BCUT2D eigenvalue weighted by Crippen LogP contribution is -2.44. The van der Waals surface area contributed by atoms with Crippen molar-refractivity contribution in [1.82, 2.24) is 14.9 Å². The first-order valence-corrected chi connectivity index (χ1v) is 10.8. The number of hydrogen-bond donors (Lipinski definition) is 0. The van der Waals surface area contributed by atoms with Gasteiger partial charge in [0.05, 0.1) is 24.7 Å². The van der Waals surface area contributed by atoms with E-state index in [4.69, 9.17) is 14.2 Å². The van der Waals surface area contributed by atoms with Gasteiger partial charge in [0.2, 0.25) is 5.88 Å². The Morgan fingerprint density at radius 2 is 1.89 bits per heavy atom. The van der Waals surface area contributed by atoms with Crippen LogP contribution in [0.4, 0.5) is 22.4 Å². The minimum absolute atomic E-state index is 0.0327. The third-order valence-corrected chi connectivity index (χ3v) is 5.04. The molecule has 0 unspecified atom stereocenters. The van der Waals surface area contributed by atoms with E-state index >= 15 is 0 Å². The summed E-state index contributed by atoms with van der Waals surface area (Å²) in [5.74, 6) is -5.30. The molecule has 0 saturated carbocycles. The number of rotatable bonds is 7. The average molecular weight is 515 g/mol. The van der Waals surface area contributed by atoms with Crippen LogP contribution in [0.5, 0.6) is 11.6 Å². The molecule has 9 nitrogen and oxygen atoms in total. The lowest BCUT2D eigenvalue weighted by Gasteiger charge is -2.27. The van der Waals surface area contributed by atoms with Gasteiger partial charge in [0.15, 0.2) is 5.69 Å². The largest absolute Gasteiger partial charge is 0.471 e. The number of nitrogens with zero attached hydrogens (tertiary/aromatic N) is 3. The van der Waals surface area contributed by atoms with Crippen LogP contribution in [0.25, 0.3) is 11.0 Å². The summed E-state index contributed by atoms with van der Waals surface area (Å²) in [5, 5.41) is 0. The maximum atomic E-state index is 14.7. The third-order valence-electron chi connectivity index (χ3n) is 5.04. The van der Waals surface area contributed by atoms with Gasteiger partial charge >= 0.3 is 24.6 Å². The lowest BCUT2D eigenvalue weighted by atomic mass is 10.2. The molecule has 1 aliphatic heterocycles. The standard InChI is InChI=1S/C23H25F4N3O6/c1-6-23(26,27)17-18(29-15-9-12(35-20(24)25)7-8-14(15)28-17)34-13-10-16(19(31)33-5)30(11-13)21(32)36-22(2,3)4/h6-9,13,16,20H,1,10-11H2,2-5H3/t13-,16+/m1/s1. The van der Waals surface area contributed by atoms with Crippen molar-refractivity contribution < 1.29 is 46.1 Å². The minimum atomic E-state index is -3.67. The number of allylic oxidation sites excluding steroid dienone is 1. The molecule has 196 valence electrons. The van der Waals surface area contributed by atoms with Crippen LogP contribution in [0.15, 0.2) is 30.9 Å². The van der Waals surface area contributed by atoms with Crippen LogP contribution < -0.4 is 9.47 Å². The fourth-order valence-corrected chi connectivity index (χ4v) is 3.51. The van der Waals surface area contributed by atoms with E-state index < -0.39 is 53.9 Å². The topological polar surface area (TPSA) is 100 Å². The predicted molar refractivity (Wildman–Crippen MR) is 118 cm³/mol. The molecule has 1 aliphatic rings. The summed E-state index contributed by atoms with van der Waals surface area (Å²) in [7, 11) is 1.14. The Labute approximate surface area is 204 Å². The van der Waals surface area contributed by atoms with Crippen molar-refractivity contribution in [2.75, 3.05) is 13.7 Å². The summed E-state index contributed by atoms with van der Waals surface area (Å²) in [6, 6.07) is 2.32. The summed E-state index contributed by atoms with van der Waals surface area (Å²) in [6.45, 7) is 4.73. The highest BCUT2D eigenvalue weighted by atomic mass is 19.3. The highest BCUT2D eigenvalue weighted by Gasteiger charge is 2.44. The number of hydrogen-bond acceptors (Lipinski definition) is 8. The first-order chi connectivity index (χ1) is 16.7. The fourth-order valence-electron chi connectivity index (χ4n) is 3.51. The Morgan fingerprint density at radius 1 is 1.19 bits per heavy atom. The number of methoxy groups -OCH3 is 1. The number of benzene rings is 1. The Kier molecular flexibility index (Phi) is 7.60. The molecule has 0 bridgehead atoms. The van der Waals surface area contributed by atoms with E-state index in [1.807, 2.05) is 0 Å². The molecule has 2 heterocycles. The van der Waals surface area contributed by atoms with Crippen LogP contribution in [0, 0.1) is 0 Å². The number of alkyl halides is 4. The molecule has 1 saturated heterocycles. The molecule has 3 rings (SSSR count). The van der Waals surface area contributed by atoms with Gasteiger partial charge in [-0.25, -0.2) is 19.6 Å². The second-order valence-corrected chi connectivity index (χ2v) is 8.88. The first kappa shape index (κ1) is 27.0. The molecular weight excluding hydrogens is 490 g/mol. The number of carbonyl (C=O) groups is 2. The van der Waals surface area contributed by atoms with E-state index in [-0.39, 0.29) is 29.7 Å². The summed E-state index contributed by atoms with van der Waals surface area (Å²) in [4.78, 5) is 34.0. The van der Waals surface area contributed by atoms with Crippen molar-refractivity contribution in [3.63, 3.8) is 0 Å². The van der Waals surface area contributed by atoms with E-state index in [1.54, 1.807) is 20.8 Å². The highest BCUT2D eigenvalue weighted by molar-refractivity contribution is 5.82. The maximum Gasteiger partial charge on any atom is 0.411 e. The van der Waals surface area contributed by atoms with Crippen LogP contribution in [-0.2, 0) is 20.2 Å². The summed E-state index contributed by atoms with van der Waals surface area (Å²) in [5.41, 5.74) is -1.83. The molecular formula is C23H25F4N3O6. The summed E-state index contributed by atoms with van der Waals surface area (Å²) < 4.78 is 74.7. The number of amides is 1. The van der Waals surface area contributed by atoms with Gasteiger partial charge < -0.3 is 18.9 Å². The van der Waals surface area contributed by atoms with Crippen molar-refractivity contribution in [1.29, 1.82) is 0 Å². The number of aromatic nitrogens is 2. The average Bonchev–Trinajstić information content (AvgIpc) is 3.20. The van der Waals surface area contributed by atoms with Gasteiger partial charge in [-0.3, -0.25) is 4.90 Å². The van der Waals surface area contributed by atoms with Crippen molar-refractivity contribution in [2.45, 2.75) is 57.5 Å². The molecule has 2 atom stereocenters. The molecule has 36 heavy (non-hydrogen) atoms. The zero-order chi connectivity index (χ0) is 26.8. The second kappa shape index (κ2) is 10.2. The number of likely N-dealkylation sites (tertiary alicyclic amines) is 1. The third kappa shape index (κ3) is 6.13. The Bertz CT molecular complexity index is 1150. The van der Waals surface area contributed by atoms with Gasteiger partial charge in [-0.15, -0.1) is 0 Å². The van der Waals surface area contributed by atoms with E-state index in [9.17, 15) is 27.2 Å². The molecule has 0 aliphatic carbocycles. The second-order valence-electron chi connectivity index (χ2n) is 8.88. The zero-order valence-electron chi connectivity index (χ0n) is 20.0. The van der Waals surface area contributed by atoms with Crippen molar-refractivity contribution in [3.05, 3.63) is 36.5 Å². The van der Waals surface area contributed by atoms with E-state index in [0.29, 0.717) is 6.08 Å². The van der Waals surface area contributed by atoms with Gasteiger partial charge in [-0.1, -0.05) is 6.58 Å². The molecule has 2 aromatic rings. The number of ether oxygens (including phenoxy) is 4. The number of carbonyl (C=O) groups excluding carboxylic acids is 2. The molecule has 1 aromatic heterocycles. The van der Waals surface area contributed by atoms with Gasteiger partial charge in [-0.2, -0.15) is 17.6 Å². The minimum Gasteiger partial charge on any atom is -0.471 e. The molecule has 0 N–H and O–H groups in total. The smallest absolute Gasteiger partial charge is 0.411 e. The SMILES string of the molecule is C=CC(F)(F)c1nc2ccc(OC(F)F)cc2nc1O[C@@H]1C[C@@H](C(=O)OC)N(C(=O)OC(C)(C)C)C1. The predicted octanol–water partition coefficient (Wildman–Crippen LogP) is 4.44. The Hall–Kier alpha value is -3.64. The fraction of sp³-hybridized carbons (Fsp3) is 0.478. The molecule has 0 spiro atoms. The summed E-state index contributed by atoms with van der Waals surface area (Å²) >= 11 is 0. The monoisotopic (exact) mass is 515 g/mol. The molecule has 1 fully saturated rings. The molecule has 1 aromatic carbocycles. The maximum absolute atomic E-state index is 14.7. The quantitative estimate of drug-likeness (QED) is 0.303. The van der Waals surface area contributed by atoms with Crippen LogP contribution in [0.2, 0.25) is 0 Å². The van der Waals surface area contributed by atoms with Crippen LogP contribution in [0.1, 0.15) is 32.9 Å². The number of esters is 1. The Morgan fingerprint density at radius 3 is 2.47 bits per heavy atom. The van der Waals surface area contributed by atoms with Gasteiger partial charge in [0.25, 0.3) is 0 Å². The van der Waals surface area contributed by atoms with Crippen LogP contribution in [0.3, 0.4) is 0 Å². The lowest BCUT2D eigenvalue weighted by molar-refractivity contribution is -0.145. The van der Waals surface area contributed by atoms with Gasteiger partial charge in [0, 0.05) is 12.5 Å². The molecule has 1 amide bonds. The Balaban J connectivity index is 1.98. The van der Waals surface area contributed by atoms with E-state index in [1.165, 1.54) is 6.07 Å². The highest BCUT2D eigenvalue weighted by Crippen LogP contribution is 2.37. The normalized spacial score (nSPS) is 18.3. The van der Waals surface area contributed by atoms with E-state index in [0.717, 1.165) is 24.1 Å². The van der Waals surface area contributed by atoms with Crippen molar-refractivity contribution >= 4 is 23.1 Å². The van der Waals surface area contributed by atoms with Crippen LogP contribution >= 0.6 is 0 Å². The zero-order valence-corrected chi connectivity index (χ0v) is 20.0. The number of halogens is 4. The molecule has 0 radical (unpaired) electrons. The number of fused-ring (bicyclic) bond motifs is 1. The van der Waals surface area contributed by atoms with Gasteiger partial charge in [-0.05, 0) is 39.0 Å². The summed E-state index contributed by atoms with van der Waals surface area (Å²) in [6.07, 6.45) is -1.56. The van der Waals surface area contributed by atoms with Crippen LogP contribution in [-0.4, -0.2) is 64.9 Å². The van der Waals surface area contributed by atoms with Crippen molar-refractivity contribution in [2.24, 2.45) is 0 Å².